The van der Waals surface area contributed by atoms with E-state index in [2.05, 4.69) is 5.32 Å². The number of nitriles is 1. The molecule has 1 saturated heterocycles. The lowest BCUT2D eigenvalue weighted by Crippen LogP contribution is -2.43. The molecule has 1 aliphatic rings. The fourth-order valence-corrected chi connectivity index (χ4v) is 1.74. The molecule has 1 rings (SSSR count). The lowest BCUT2D eigenvalue weighted by molar-refractivity contribution is -0.130. The zero-order chi connectivity index (χ0) is 9.84. The van der Waals surface area contributed by atoms with Crippen LogP contribution in [0.1, 0.15) is 0 Å². The molecule has 70 valence electrons. The summed E-state index contributed by atoms with van der Waals surface area (Å²) in [5.74, 6) is 0.243. The first-order valence-corrected chi connectivity index (χ1v) is 4.69. The van der Waals surface area contributed by atoms with Crippen molar-refractivity contribution in [2.75, 3.05) is 19.3 Å². The van der Waals surface area contributed by atoms with Gasteiger partial charge in [0.25, 0.3) is 5.24 Å². The van der Waals surface area contributed by atoms with Crippen LogP contribution in [0, 0.1) is 11.3 Å². The van der Waals surface area contributed by atoms with Crippen LogP contribution < -0.4 is 5.32 Å². The molecule has 0 aromatic heterocycles. The van der Waals surface area contributed by atoms with Gasteiger partial charge in [0.15, 0.2) is 0 Å². The zero-order valence-corrected chi connectivity index (χ0v) is 7.93. The Hall–Kier alpha value is -1.22. The van der Waals surface area contributed by atoms with Crippen molar-refractivity contribution in [1.29, 1.82) is 5.26 Å². The Balaban J connectivity index is 2.49. The molecule has 1 aliphatic heterocycles. The number of nitrogens with one attached hydrogen (secondary N) is 1. The summed E-state index contributed by atoms with van der Waals surface area (Å²) in [6.07, 6.45) is 0. The van der Waals surface area contributed by atoms with Gasteiger partial charge in [-0.3, -0.25) is 9.59 Å². The number of thioether (sulfide) groups is 1. The zero-order valence-electron chi connectivity index (χ0n) is 7.11. The Bertz CT molecular complexity index is 273. The minimum atomic E-state index is -0.462. The van der Waals surface area contributed by atoms with Crippen molar-refractivity contribution in [1.82, 2.24) is 10.2 Å². The van der Waals surface area contributed by atoms with Gasteiger partial charge in [-0.25, -0.2) is 0 Å². The predicted molar refractivity (Wildman–Crippen MR) is 48.0 cm³/mol. The van der Waals surface area contributed by atoms with Crippen molar-refractivity contribution in [3.63, 3.8) is 0 Å². The summed E-state index contributed by atoms with van der Waals surface area (Å²) in [4.78, 5) is 23.5. The summed E-state index contributed by atoms with van der Waals surface area (Å²) in [5, 5.41) is 10.7. The maximum Gasteiger partial charge on any atom is 0.279 e. The third-order valence-corrected chi connectivity index (χ3v) is 2.54. The minimum Gasteiger partial charge on any atom is -0.334 e. The molecule has 1 fully saturated rings. The second kappa shape index (κ2) is 4.14. The average Bonchev–Trinajstić information content (AvgIpc) is 2.51. The molecule has 0 aromatic carbocycles. The molecule has 0 bridgehead atoms. The fraction of sp³-hybridized carbons (Fsp3) is 0.571. The minimum absolute atomic E-state index is 0.0515. The van der Waals surface area contributed by atoms with E-state index in [0.29, 0.717) is 5.75 Å². The lowest BCUT2D eigenvalue weighted by atomic mass is 10.3. The third-order valence-electron chi connectivity index (χ3n) is 1.66. The SMILES string of the molecule is CN(CC#N)C(=O)C1CSC(=O)N1. The van der Waals surface area contributed by atoms with E-state index >= 15 is 0 Å². The van der Waals surface area contributed by atoms with Gasteiger partial charge in [0, 0.05) is 12.8 Å². The second-order valence-electron chi connectivity index (χ2n) is 2.65. The average molecular weight is 199 g/mol. The predicted octanol–water partition coefficient (Wildman–Crippen LogP) is -0.207. The highest BCUT2D eigenvalue weighted by Crippen LogP contribution is 2.14. The number of likely N-dealkylation sites (N-methyl/N-ethyl adjacent to an activating group) is 1. The van der Waals surface area contributed by atoms with Crippen LogP contribution in [-0.2, 0) is 4.79 Å². The Labute approximate surface area is 80.1 Å². The van der Waals surface area contributed by atoms with E-state index in [1.165, 1.54) is 4.90 Å². The second-order valence-corrected chi connectivity index (χ2v) is 3.64. The Morgan fingerprint density at radius 2 is 2.62 bits per heavy atom. The molecule has 0 radical (unpaired) electrons. The molecular weight excluding hydrogens is 190 g/mol. The Morgan fingerprint density at radius 3 is 3.08 bits per heavy atom. The smallest absolute Gasteiger partial charge is 0.279 e. The summed E-state index contributed by atoms with van der Waals surface area (Å²) in [7, 11) is 1.54. The van der Waals surface area contributed by atoms with Gasteiger partial charge in [-0.15, -0.1) is 0 Å². The molecule has 5 nitrogen and oxygen atoms in total. The largest absolute Gasteiger partial charge is 0.334 e. The van der Waals surface area contributed by atoms with Gasteiger partial charge in [-0.05, 0) is 0 Å². The van der Waals surface area contributed by atoms with E-state index < -0.39 is 6.04 Å². The van der Waals surface area contributed by atoms with E-state index in [-0.39, 0.29) is 17.7 Å². The number of carbonyl (C=O) groups is 2. The number of hydrogen-bond donors (Lipinski definition) is 1. The van der Waals surface area contributed by atoms with Crippen LogP contribution in [0.2, 0.25) is 0 Å². The molecule has 0 saturated carbocycles. The number of carbonyl (C=O) groups excluding carboxylic acids is 2. The molecule has 1 heterocycles. The lowest BCUT2D eigenvalue weighted by Gasteiger charge is -2.16. The van der Waals surface area contributed by atoms with Gasteiger partial charge in [-0.1, -0.05) is 11.8 Å². The van der Waals surface area contributed by atoms with Crippen LogP contribution in [0.15, 0.2) is 0 Å². The van der Waals surface area contributed by atoms with E-state index in [1.807, 2.05) is 6.07 Å². The van der Waals surface area contributed by atoms with Gasteiger partial charge >= 0.3 is 0 Å². The van der Waals surface area contributed by atoms with Crippen molar-refractivity contribution in [2.45, 2.75) is 6.04 Å². The van der Waals surface area contributed by atoms with Crippen LogP contribution in [0.25, 0.3) is 0 Å². The summed E-state index contributed by atoms with van der Waals surface area (Å²) >= 11 is 1.09. The molecule has 0 aliphatic carbocycles. The van der Waals surface area contributed by atoms with Crippen molar-refractivity contribution >= 4 is 22.9 Å². The molecular formula is C7H9N3O2S. The van der Waals surface area contributed by atoms with Crippen molar-refractivity contribution < 1.29 is 9.59 Å². The highest BCUT2D eigenvalue weighted by molar-refractivity contribution is 8.14. The fourth-order valence-electron chi connectivity index (χ4n) is 0.968. The number of amides is 2. The van der Waals surface area contributed by atoms with Gasteiger partial charge in [0.1, 0.15) is 12.6 Å². The quantitative estimate of drug-likeness (QED) is 0.625. The van der Waals surface area contributed by atoms with Gasteiger partial charge in [0.2, 0.25) is 5.91 Å². The summed E-state index contributed by atoms with van der Waals surface area (Å²) in [6, 6.07) is 1.41. The van der Waals surface area contributed by atoms with E-state index in [0.717, 1.165) is 11.8 Å². The number of hydrogen-bond acceptors (Lipinski definition) is 4. The first kappa shape index (κ1) is 9.86. The van der Waals surface area contributed by atoms with Crippen LogP contribution in [0.3, 0.4) is 0 Å². The first-order chi connectivity index (χ1) is 6.15. The molecule has 0 aromatic rings. The standard InChI is InChI=1S/C7H9N3O2S/c1-10(3-2-8)6(11)5-4-13-7(12)9-5/h5H,3-4H2,1H3,(H,9,12). The van der Waals surface area contributed by atoms with Gasteiger partial charge in [0.05, 0.1) is 6.07 Å². The van der Waals surface area contributed by atoms with Gasteiger partial charge in [-0.2, -0.15) is 5.26 Å². The van der Waals surface area contributed by atoms with Crippen molar-refractivity contribution in [3.05, 3.63) is 0 Å². The molecule has 2 amide bonds. The maximum atomic E-state index is 11.4. The van der Waals surface area contributed by atoms with E-state index in [1.54, 1.807) is 7.05 Å². The monoisotopic (exact) mass is 199 g/mol. The maximum absolute atomic E-state index is 11.4. The van der Waals surface area contributed by atoms with Crippen LogP contribution in [-0.4, -0.2) is 41.4 Å². The molecule has 1 unspecified atom stereocenters. The van der Waals surface area contributed by atoms with E-state index in [4.69, 9.17) is 5.26 Å². The first-order valence-electron chi connectivity index (χ1n) is 3.70. The normalized spacial score (nSPS) is 20.6. The van der Waals surface area contributed by atoms with Crippen LogP contribution in [0.4, 0.5) is 4.79 Å². The Kier molecular flexibility index (Phi) is 3.14. The van der Waals surface area contributed by atoms with Gasteiger partial charge < -0.3 is 10.2 Å². The molecule has 0 spiro atoms. The number of rotatable bonds is 2. The van der Waals surface area contributed by atoms with E-state index in [9.17, 15) is 9.59 Å². The summed E-state index contributed by atoms with van der Waals surface area (Å²) in [6.45, 7) is 0.0515. The summed E-state index contributed by atoms with van der Waals surface area (Å²) < 4.78 is 0. The highest BCUT2D eigenvalue weighted by Gasteiger charge is 2.29. The molecule has 1 atom stereocenters. The molecule has 1 N–H and O–H groups in total. The Morgan fingerprint density at radius 1 is 1.92 bits per heavy atom. The topological polar surface area (TPSA) is 73.2 Å². The van der Waals surface area contributed by atoms with Crippen LogP contribution in [0.5, 0.6) is 0 Å². The van der Waals surface area contributed by atoms with Crippen LogP contribution >= 0.6 is 11.8 Å². The van der Waals surface area contributed by atoms with Crippen molar-refractivity contribution in [2.24, 2.45) is 0 Å². The third kappa shape index (κ3) is 2.36. The number of nitrogens with zero attached hydrogens (tertiary/aromatic N) is 2. The van der Waals surface area contributed by atoms with Crippen molar-refractivity contribution in [3.8, 4) is 6.07 Å². The molecule has 6 heteroatoms. The summed E-state index contributed by atoms with van der Waals surface area (Å²) in [5.41, 5.74) is 0. The molecule has 13 heavy (non-hydrogen) atoms. The highest BCUT2D eigenvalue weighted by atomic mass is 32.2.